The first-order valence-electron chi connectivity index (χ1n) is 9.25. The van der Waals surface area contributed by atoms with Gasteiger partial charge in [-0.05, 0) is 74.1 Å². The van der Waals surface area contributed by atoms with Crippen molar-refractivity contribution in [2.24, 2.45) is 5.92 Å². The average molecular weight is 479 g/mol. The van der Waals surface area contributed by atoms with Crippen molar-refractivity contribution in [2.45, 2.75) is 35.3 Å². The molecule has 3 rings (SSSR count). The smallest absolute Gasteiger partial charge is 0.264 e. The highest BCUT2D eigenvalue weighted by Gasteiger charge is 2.50. The Morgan fingerprint density at radius 2 is 1.63 bits per heavy atom. The van der Waals surface area contributed by atoms with E-state index in [2.05, 4.69) is 0 Å². The van der Waals surface area contributed by atoms with Crippen LogP contribution in [-0.4, -0.2) is 29.7 Å². The summed E-state index contributed by atoms with van der Waals surface area (Å²) < 4.78 is 81.7. The molecule has 0 aromatic heterocycles. The summed E-state index contributed by atoms with van der Waals surface area (Å²) in [4.78, 5) is -0.0404. The first-order chi connectivity index (χ1) is 13.9. The van der Waals surface area contributed by atoms with Gasteiger partial charge in [0.05, 0.1) is 17.8 Å². The third-order valence-electron chi connectivity index (χ3n) is 5.49. The van der Waals surface area contributed by atoms with Gasteiger partial charge >= 0.3 is 0 Å². The highest BCUT2D eigenvalue weighted by Crippen LogP contribution is 2.49. The lowest BCUT2D eigenvalue weighted by Crippen LogP contribution is -2.41. The second-order valence-electron chi connectivity index (χ2n) is 7.51. The molecule has 164 valence electrons. The molecule has 1 aliphatic carbocycles. The fraction of sp³-hybridized carbons (Fsp3) is 0.400. The Labute approximate surface area is 180 Å². The number of benzene rings is 2. The SMILES string of the molecule is CS(=O)(=O)OC[C@H]1CC[C@@](c2cc(F)ccc2F)(S(=O)(=O)c2ccc(Cl)cc2)CC1. The van der Waals surface area contributed by atoms with Gasteiger partial charge in [0, 0.05) is 10.6 Å². The van der Waals surface area contributed by atoms with Crippen LogP contribution in [0.3, 0.4) is 0 Å². The molecule has 1 aliphatic rings. The van der Waals surface area contributed by atoms with E-state index in [4.69, 9.17) is 15.8 Å². The molecule has 0 unspecified atom stereocenters. The highest BCUT2D eigenvalue weighted by molar-refractivity contribution is 7.92. The molecule has 10 heteroatoms. The fourth-order valence-corrected chi connectivity index (χ4v) is 6.63. The Morgan fingerprint density at radius 1 is 1.03 bits per heavy atom. The van der Waals surface area contributed by atoms with Crippen LogP contribution >= 0.6 is 11.6 Å². The standard InChI is InChI=1S/C20H21ClF2O5S2/c1-29(24,25)28-13-14-8-10-20(11-9-14,18-12-16(22)4-7-19(18)23)30(26,27)17-5-2-15(21)3-6-17/h2-7,12,14H,8-11,13H2,1H3/t14-,20+. The molecular formula is C20H21ClF2O5S2. The van der Waals surface area contributed by atoms with Crippen molar-refractivity contribution in [3.63, 3.8) is 0 Å². The zero-order valence-corrected chi connectivity index (χ0v) is 18.5. The van der Waals surface area contributed by atoms with Gasteiger partial charge in [0.25, 0.3) is 10.1 Å². The van der Waals surface area contributed by atoms with Gasteiger partial charge in [0.1, 0.15) is 16.4 Å². The van der Waals surface area contributed by atoms with Gasteiger partial charge in [-0.25, -0.2) is 17.2 Å². The Morgan fingerprint density at radius 3 is 2.20 bits per heavy atom. The van der Waals surface area contributed by atoms with Crippen LogP contribution in [0.4, 0.5) is 8.78 Å². The quantitative estimate of drug-likeness (QED) is 0.573. The molecule has 0 aliphatic heterocycles. The number of halogens is 3. The predicted octanol–water partition coefficient (Wildman–Crippen LogP) is 4.45. The van der Waals surface area contributed by atoms with Crippen LogP contribution in [0.25, 0.3) is 0 Å². The van der Waals surface area contributed by atoms with Gasteiger partial charge in [-0.1, -0.05) is 11.6 Å². The molecule has 0 bridgehead atoms. The van der Waals surface area contributed by atoms with Crippen molar-refractivity contribution in [1.82, 2.24) is 0 Å². The molecule has 1 saturated carbocycles. The average Bonchev–Trinajstić information content (AvgIpc) is 2.68. The summed E-state index contributed by atoms with van der Waals surface area (Å²) in [5, 5.41) is 0.349. The van der Waals surface area contributed by atoms with Crippen molar-refractivity contribution >= 4 is 31.6 Å². The third kappa shape index (κ3) is 4.69. The van der Waals surface area contributed by atoms with E-state index in [9.17, 15) is 25.6 Å². The van der Waals surface area contributed by atoms with Crippen LogP contribution in [0.15, 0.2) is 47.4 Å². The van der Waals surface area contributed by atoms with Crippen LogP contribution in [0.2, 0.25) is 5.02 Å². The molecule has 5 nitrogen and oxygen atoms in total. The normalized spacial score (nSPS) is 22.7. The lowest BCUT2D eigenvalue weighted by atomic mass is 9.78. The summed E-state index contributed by atoms with van der Waals surface area (Å²) in [6.45, 7) is -0.0818. The van der Waals surface area contributed by atoms with E-state index in [1.165, 1.54) is 24.3 Å². The van der Waals surface area contributed by atoms with Crippen LogP contribution in [0.5, 0.6) is 0 Å². The molecule has 30 heavy (non-hydrogen) atoms. The first-order valence-corrected chi connectivity index (χ1v) is 12.9. The summed E-state index contributed by atoms with van der Waals surface area (Å²) >= 11 is 5.87. The van der Waals surface area contributed by atoms with Gasteiger partial charge in [-0.15, -0.1) is 0 Å². The van der Waals surface area contributed by atoms with Gasteiger partial charge < -0.3 is 0 Å². The Kier molecular flexibility index (Phi) is 6.57. The van der Waals surface area contributed by atoms with E-state index in [1.807, 2.05) is 0 Å². The molecule has 1 fully saturated rings. The third-order valence-corrected chi connectivity index (χ3v) is 8.85. The van der Waals surface area contributed by atoms with Crippen molar-refractivity contribution in [1.29, 1.82) is 0 Å². The van der Waals surface area contributed by atoms with Gasteiger partial charge in [0.15, 0.2) is 9.84 Å². The van der Waals surface area contributed by atoms with E-state index in [-0.39, 0.29) is 48.7 Å². The minimum Gasteiger partial charge on any atom is -0.270 e. The fourth-order valence-electron chi connectivity index (χ4n) is 3.90. The highest BCUT2D eigenvalue weighted by atomic mass is 35.5. The predicted molar refractivity (Wildman–Crippen MR) is 109 cm³/mol. The lowest BCUT2D eigenvalue weighted by molar-refractivity contribution is 0.193. The van der Waals surface area contributed by atoms with Crippen LogP contribution in [0.1, 0.15) is 31.2 Å². The molecule has 0 saturated heterocycles. The van der Waals surface area contributed by atoms with Gasteiger partial charge in [-0.3, -0.25) is 4.18 Å². The van der Waals surface area contributed by atoms with E-state index in [1.54, 1.807) is 0 Å². The second kappa shape index (κ2) is 8.53. The number of rotatable bonds is 6. The zero-order chi connectivity index (χ0) is 22.2. The Bertz CT molecular complexity index is 1120. The first kappa shape index (κ1) is 23.1. The Hall–Kier alpha value is -1.55. The number of hydrogen-bond acceptors (Lipinski definition) is 5. The summed E-state index contributed by atoms with van der Waals surface area (Å²) in [7, 11) is -7.76. The maximum absolute atomic E-state index is 14.8. The topological polar surface area (TPSA) is 77.5 Å². The maximum Gasteiger partial charge on any atom is 0.264 e. The monoisotopic (exact) mass is 478 g/mol. The van der Waals surface area contributed by atoms with Crippen molar-refractivity contribution < 1.29 is 29.8 Å². The summed E-state index contributed by atoms with van der Waals surface area (Å²) in [5.74, 6) is -1.76. The molecule has 0 heterocycles. The molecule has 2 aromatic carbocycles. The van der Waals surface area contributed by atoms with E-state index < -0.39 is 36.3 Å². The minimum atomic E-state index is -4.12. The summed E-state index contributed by atoms with van der Waals surface area (Å²) in [5.41, 5.74) is -0.222. The van der Waals surface area contributed by atoms with Gasteiger partial charge in [-0.2, -0.15) is 8.42 Å². The summed E-state index contributed by atoms with van der Waals surface area (Å²) in [6, 6.07) is 8.32. The largest absolute Gasteiger partial charge is 0.270 e. The lowest BCUT2D eigenvalue weighted by Gasteiger charge is -2.40. The van der Waals surface area contributed by atoms with Crippen LogP contribution in [-0.2, 0) is 28.9 Å². The van der Waals surface area contributed by atoms with Crippen LogP contribution in [0, 0.1) is 17.6 Å². The van der Waals surface area contributed by atoms with Crippen molar-refractivity contribution in [3.05, 3.63) is 64.7 Å². The molecular weight excluding hydrogens is 458 g/mol. The molecule has 0 radical (unpaired) electrons. The van der Waals surface area contributed by atoms with E-state index >= 15 is 0 Å². The molecule has 0 atom stereocenters. The number of hydrogen-bond donors (Lipinski definition) is 0. The summed E-state index contributed by atoms with van der Waals surface area (Å²) in [6.07, 6.45) is 1.48. The van der Waals surface area contributed by atoms with Crippen LogP contribution < -0.4 is 0 Å². The Balaban J connectivity index is 2.03. The molecule has 0 amide bonds. The van der Waals surface area contributed by atoms with Crippen molar-refractivity contribution in [2.75, 3.05) is 12.9 Å². The maximum atomic E-state index is 14.8. The number of sulfone groups is 1. The molecule has 2 aromatic rings. The van der Waals surface area contributed by atoms with Gasteiger partial charge in [0.2, 0.25) is 0 Å². The minimum absolute atomic E-state index is 0.00385. The molecule has 0 N–H and O–H groups in total. The molecule has 0 spiro atoms. The van der Waals surface area contributed by atoms with Crippen molar-refractivity contribution in [3.8, 4) is 0 Å². The van der Waals surface area contributed by atoms with E-state index in [0.717, 1.165) is 24.5 Å². The van der Waals surface area contributed by atoms with E-state index in [0.29, 0.717) is 5.02 Å². The second-order valence-corrected chi connectivity index (χ2v) is 11.8. The zero-order valence-electron chi connectivity index (χ0n) is 16.1.